The molecule has 8 heteroatoms. The normalized spacial score (nSPS) is 16.4. The Balaban J connectivity index is 1.51. The molecule has 1 aliphatic heterocycles. The number of likely N-dealkylation sites (N-methyl/N-ethyl adjacent to an activating group) is 1. The molecule has 0 fully saturated rings. The van der Waals surface area contributed by atoms with Crippen molar-refractivity contribution in [3.05, 3.63) is 45.6 Å². The molecule has 2 aromatic rings. The third kappa shape index (κ3) is 5.47. The number of carbonyl (C=O) groups is 1. The van der Waals surface area contributed by atoms with Crippen LogP contribution in [0.4, 0.5) is 0 Å². The van der Waals surface area contributed by atoms with Crippen LogP contribution in [0.15, 0.2) is 23.0 Å². The molecule has 1 N–H and O–H groups in total. The Hall–Kier alpha value is -2.61. The Kier molecular flexibility index (Phi) is 6.74. The van der Waals surface area contributed by atoms with Crippen LogP contribution >= 0.6 is 0 Å². The molecule has 2 heterocycles. The van der Waals surface area contributed by atoms with Gasteiger partial charge in [0.05, 0.1) is 6.54 Å². The first kappa shape index (κ1) is 21.1. The number of fused-ring (bicyclic) bond motifs is 1. The molecular formula is C21H31N5O3. The summed E-state index contributed by atoms with van der Waals surface area (Å²) in [5, 5.41) is 7.52. The molecule has 158 valence electrons. The molecule has 3 rings (SSSR count). The van der Waals surface area contributed by atoms with E-state index in [-0.39, 0.29) is 24.2 Å². The van der Waals surface area contributed by atoms with Gasteiger partial charge in [-0.05, 0) is 64.0 Å². The van der Waals surface area contributed by atoms with Crippen molar-refractivity contribution in [3.8, 4) is 5.75 Å². The van der Waals surface area contributed by atoms with Crippen molar-refractivity contribution in [2.24, 2.45) is 0 Å². The Bertz CT molecular complexity index is 916. The minimum atomic E-state index is -0.142. The highest BCUT2D eigenvalue weighted by atomic mass is 16.5. The molecule has 0 saturated carbocycles. The number of ether oxygens (including phenoxy) is 1. The second-order valence-corrected chi connectivity index (χ2v) is 8.00. The maximum absolute atomic E-state index is 12.6. The number of benzene rings is 1. The molecule has 8 nitrogen and oxygen atoms in total. The average molecular weight is 402 g/mol. The molecule has 1 atom stereocenters. The zero-order valence-electron chi connectivity index (χ0n) is 17.8. The summed E-state index contributed by atoms with van der Waals surface area (Å²) in [6.07, 6.45) is 2.15. The number of aryl methyl sites for hydroxylation is 3. The monoisotopic (exact) mass is 401 g/mol. The van der Waals surface area contributed by atoms with Crippen LogP contribution < -0.4 is 15.7 Å². The lowest BCUT2D eigenvalue weighted by Gasteiger charge is -2.16. The molecule has 1 aromatic carbocycles. The van der Waals surface area contributed by atoms with E-state index in [0.29, 0.717) is 31.7 Å². The molecule has 0 aliphatic carbocycles. The first-order valence-corrected chi connectivity index (χ1v) is 10.1. The molecule has 1 aliphatic rings. The molecule has 1 aromatic heterocycles. The summed E-state index contributed by atoms with van der Waals surface area (Å²) in [7, 11) is 3.95. The molecule has 0 saturated heterocycles. The summed E-state index contributed by atoms with van der Waals surface area (Å²) in [5.41, 5.74) is 2.27. The van der Waals surface area contributed by atoms with E-state index in [0.717, 1.165) is 24.4 Å². The van der Waals surface area contributed by atoms with Crippen molar-refractivity contribution in [1.82, 2.24) is 24.6 Å². The summed E-state index contributed by atoms with van der Waals surface area (Å²) in [5.74, 6) is 1.36. The van der Waals surface area contributed by atoms with E-state index >= 15 is 0 Å². The number of aromatic nitrogens is 3. The Morgan fingerprint density at radius 3 is 2.79 bits per heavy atom. The summed E-state index contributed by atoms with van der Waals surface area (Å²) in [4.78, 5) is 26.9. The van der Waals surface area contributed by atoms with Gasteiger partial charge in [0, 0.05) is 25.6 Å². The lowest BCUT2D eigenvalue weighted by Crippen LogP contribution is -2.38. The van der Waals surface area contributed by atoms with Gasteiger partial charge < -0.3 is 15.0 Å². The van der Waals surface area contributed by atoms with Gasteiger partial charge in [-0.25, -0.2) is 9.48 Å². The van der Waals surface area contributed by atoms with Crippen LogP contribution in [0.2, 0.25) is 0 Å². The van der Waals surface area contributed by atoms with E-state index in [2.05, 4.69) is 10.4 Å². The van der Waals surface area contributed by atoms with Gasteiger partial charge in [0.2, 0.25) is 0 Å². The van der Waals surface area contributed by atoms with Crippen LogP contribution in [0.5, 0.6) is 5.75 Å². The average Bonchev–Trinajstić information content (AvgIpc) is 2.84. The second kappa shape index (κ2) is 9.26. The number of hydrogen-bond donors (Lipinski definition) is 1. The van der Waals surface area contributed by atoms with E-state index in [1.165, 1.54) is 5.56 Å². The van der Waals surface area contributed by atoms with Gasteiger partial charge in [0.1, 0.15) is 11.6 Å². The highest BCUT2D eigenvalue weighted by Gasteiger charge is 2.22. The zero-order valence-corrected chi connectivity index (χ0v) is 17.8. The molecule has 1 unspecified atom stereocenters. The van der Waals surface area contributed by atoms with E-state index in [1.807, 2.05) is 51.0 Å². The molecule has 29 heavy (non-hydrogen) atoms. The van der Waals surface area contributed by atoms with E-state index in [4.69, 9.17) is 4.74 Å². The quantitative estimate of drug-likeness (QED) is 0.752. The van der Waals surface area contributed by atoms with Gasteiger partial charge in [0.25, 0.3) is 5.91 Å². The van der Waals surface area contributed by atoms with Crippen molar-refractivity contribution in [2.75, 3.05) is 27.2 Å². The maximum atomic E-state index is 12.6. The first-order chi connectivity index (χ1) is 13.8. The predicted octanol–water partition coefficient (Wildman–Crippen LogP) is 1.12. The predicted molar refractivity (Wildman–Crippen MR) is 111 cm³/mol. The van der Waals surface area contributed by atoms with Gasteiger partial charge in [-0.2, -0.15) is 5.10 Å². The van der Waals surface area contributed by atoms with Gasteiger partial charge in [-0.3, -0.25) is 9.36 Å². The van der Waals surface area contributed by atoms with Crippen molar-refractivity contribution < 1.29 is 9.53 Å². The maximum Gasteiger partial charge on any atom is 0.345 e. The number of nitrogens with one attached hydrogen (secondary N) is 1. The summed E-state index contributed by atoms with van der Waals surface area (Å²) < 4.78 is 8.91. The molecule has 0 bridgehead atoms. The number of carbonyl (C=O) groups excluding carboxylic acids is 1. The smallest absolute Gasteiger partial charge is 0.345 e. The molecule has 1 amide bonds. The summed E-state index contributed by atoms with van der Waals surface area (Å²) in [6.45, 7) is 5.97. The lowest BCUT2D eigenvalue weighted by molar-refractivity contribution is -0.123. The van der Waals surface area contributed by atoms with Crippen LogP contribution in [0.25, 0.3) is 0 Å². The number of rotatable bonds is 7. The van der Waals surface area contributed by atoms with Crippen molar-refractivity contribution in [3.63, 3.8) is 0 Å². The summed E-state index contributed by atoms with van der Waals surface area (Å²) >= 11 is 0. The first-order valence-electron chi connectivity index (χ1n) is 10.1. The molecule has 0 spiro atoms. The number of hydrogen-bond acceptors (Lipinski definition) is 5. The van der Waals surface area contributed by atoms with E-state index in [9.17, 15) is 9.59 Å². The SMILES string of the molecule is Cc1ccc(OCC(=O)NC2CCc3nn(CCN(C)C)c(=O)n3CC2)cc1C. The van der Waals surface area contributed by atoms with Crippen molar-refractivity contribution in [1.29, 1.82) is 0 Å². The lowest BCUT2D eigenvalue weighted by atomic mass is 10.1. The van der Waals surface area contributed by atoms with Crippen LogP contribution in [0.1, 0.15) is 29.8 Å². The Morgan fingerprint density at radius 1 is 1.28 bits per heavy atom. The van der Waals surface area contributed by atoms with Gasteiger partial charge in [0.15, 0.2) is 6.61 Å². The van der Waals surface area contributed by atoms with E-state index in [1.54, 1.807) is 9.25 Å². The standard InChI is InChI=1S/C21H31N5O3/c1-15-5-7-18(13-16(15)2)29-14-20(27)22-17-6-8-19-23-26(12-11-24(3)4)21(28)25(19)10-9-17/h5,7,13,17H,6,8-12,14H2,1-4H3,(H,22,27). The van der Waals surface area contributed by atoms with Gasteiger partial charge >= 0.3 is 5.69 Å². The highest BCUT2D eigenvalue weighted by Crippen LogP contribution is 2.16. The third-order valence-electron chi connectivity index (χ3n) is 5.39. The van der Waals surface area contributed by atoms with Gasteiger partial charge in [-0.1, -0.05) is 6.07 Å². The van der Waals surface area contributed by atoms with Crippen LogP contribution in [-0.4, -0.2) is 58.4 Å². The largest absolute Gasteiger partial charge is 0.484 e. The Labute approximate surface area is 171 Å². The van der Waals surface area contributed by atoms with Gasteiger partial charge in [-0.15, -0.1) is 0 Å². The minimum absolute atomic E-state index is 0.0130. The minimum Gasteiger partial charge on any atom is -0.484 e. The van der Waals surface area contributed by atoms with Crippen LogP contribution in [0.3, 0.4) is 0 Å². The third-order valence-corrected chi connectivity index (χ3v) is 5.39. The van der Waals surface area contributed by atoms with Crippen molar-refractivity contribution in [2.45, 2.75) is 52.2 Å². The molecular weight excluding hydrogens is 370 g/mol. The second-order valence-electron chi connectivity index (χ2n) is 8.00. The number of nitrogens with zero attached hydrogens (tertiary/aromatic N) is 4. The molecule has 0 radical (unpaired) electrons. The van der Waals surface area contributed by atoms with E-state index < -0.39 is 0 Å². The number of amides is 1. The van der Waals surface area contributed by atoms with Crippen LogP contribution in [0, 0.1) is 13.8 Å². The fourth-order valence-corrected chi connectivity index (χ4v) is 3.43. The fourth-order valence-electron chi connectivity index (χ4n) is 3.43. The fraction of sp³-hybridized carbons (Fsp3) is 0.571. The zero-order chi connectivity index (χ0) is 21.0. The van der Waals surface area contributed by atoms with Crippen LogP contribution in [-0.2, 0) is 24.3 Å². The topological polar surface area (TPSA) is 81.4 Å². The highest BCUT2D eigenvalue weighted by molar-refractivity contribution is 5.77. The Morgan fingerprint density at radius 2 is 2.07 bits per heavy atom. The van der Waals surface area contributed by atoms with Crippen molar-refractivity contribution >= 4 is 5.91 Å². The summed E-state index contributed by atoms with van der Waals surface area (Å²) in [6, 6.07) is 5.82.